The molecule has 0 aliphatic carbocycles. The highest BCUT2D eigenvalue weighted by Gasteiger charge is 2.56. The molecule has 1 N–H and O–H groups in total. The number of ether oxygens (including phenoxy) is 1. The maximum Gasteiger partial charge on any atom is 0.340 e. The van der Waals surface area contributed by atoms with Crippen molar-refractivity contribution in [2.45, 2.75) is 44.2 Å². The molecule has 0 aromatic rings. The topological polar surface area (TPSA) is 75.7 Å². The van der Waals surface area contributed by atoms with Gasteiger partial charge in [0.2, 0.25) is 11.4 Å². The molecule has 2 aliphatic rings. The Balaban J connectivity index is 2.32. The van der Waals surface area contributed by atoms with E-state index in [1.54, 1.807) is 6.92 Å². The third kappa shape index (κ3) is 2.60. The van der Waals surface area contributed by atoms with Gasteiger partial charge < -0.3 is 15.0 Å². The number of amides is 1. The van der Waals surface area contributed by atoms with Crippen LogP contribution in [0.1, 0.15) is 32.6 Å². The molecule has 116 valence electrons. The second-order valence-corrected chi connectivity index (χ2v) is 5.39. The van der Waals surface area contributed by atoms with Gasteiger partial charge >= 0.3 is 5.97 Å². The zero-order valence-electron chi connectivity index (χ0n) is 12.4. The molecule has 2 saturated heterocycles. The molecule has 2 aliphatic heterocycles. The first-order valence-corrected chi connectivity index (χ1v) is 7.47. The average molecular weight is 294 g/mol. The minimum atomic E-state index is -1.51. The summed E-state index contributed by atoms with van der Waals surface area (Å²) in [6.45, 7) is 6.51. The van der Waals surface area contributed by atoms with Crippen LogP contribution in [-0.4, -0.2) is 53.8 Å². The summed E-state index contributed by atoms with van der Waals surface area (Å²) >= 11 is 0. The van der Waals surface area contributed by atoms with E-state index in [-0.39, 0.29) is 18.6 Å². The fourth-order valence-electron chi connectivity index (χ4n) is 3.19. The monoisotopic (exact) mass is 294 g/mol. The van der Waals surface area contributed by atoms with Crippen molar-refractivity contribution >= 4 is 17.7 Å². The van der Waals surface area contributed by atoms with Crippen LogP contribution in [-0.2, 0) is 19.1 Å². The summed E-state index contributed by atoms with van der Waals surface area (Å²) in [5.41, 5.74) is -1.51. The molecule has 0 saturated carbocycles. The summed E-state index contributed by atoms with van der Waals surface area (Å²) in [6.07, 6.45) is 3.68. The normalized spacial score (nSPS) is 28.4. The smallest absolute Gasteiger partial charge is 0.340 e. The van der Waals surface area contributed by atoms with E-state index in [0.29, 0.717) is 19.4 Å². The lowest BCUT2D eigenvalue weighted by molar-refractivity contribution is -0.165. The summed E-state index contributed by atoms with van der Waals surface area (Å²) < 4.78 is 5.07. The van der Waals surface area contributed by atoms with E-state index in [9.17, 15) is 14.4 Å². The summed E-state index contributed by atoms with van der Waals surface area (Å²) in [7, 11) is 0. The zero-order chi connectivity index (χ0) is 15.5. The zero-order valence-corrected chi connectivity index (χ0v) is 12.4. The van der Waals surface area contributed by atoms with Crippen LogP contribution in [0.15, 0.2) is 12.7 Å². The van der Waals surface area contributed by atoms with Crippen molar-refractivity contribution in [2.75, 3.05) is 19.7 Å². The highest BCUT2D eigenvalue weighted by Crippen LogP contribution is 2.33. The van der Waals surface area contributed by atoms with Gasteiger partial charge in [-0.1, -0.05) is 6.58 Å². The summed E-state index contributed by atoms with van der Waals surface area (Å²) in [5.74, 6) is -1.28. The van der Waals surface area contributed by atoms with Crippen molar-refractivity contribution in [1.82, 2.24) is 10.2 Å². The molecule has 0 radical (unpaired) electrons. The molecule has 2 rings (SSSR count). The molecule has 0 aromatic carbocycles. The molecule has 0 aromatic heterocycles. The highest BCUT2D eigenvalue weighted by molar-refractivity contribution is 6.15. The molecule has 21 heavy (non-hydrogen) atoms. The Kier molecular flexibility index (Phi) is 4.77. The fraction of sp³-hybridized carbons (Fsp3) is 0.667. The van der Waals surface area contributed by atoms with Gasteiger partial charge in [0.1, 0.15) is 0 Å². The third-order valence-corrected chi connectivity index (χ3v) is 4.21. The standard InChI is InChI=1S/C15H22N2O4/c1-3-12(18)15(14(20)21-4-2)8-6-10-17(15)13(19)11-7-5-9-16-11/h3,11,16H,1,4-10H2,2H3/t11-,15-/m0/s1. The molecule has 2 atom stereocenters. The Labute approximate surface area is 124 Å². The van der Waals surface area contributed by atoms with Gasteiger partial charge in [0, 0.05) is 6.54 Å². The van der Waals surface area contributed by atoms with Crippen LogP contribution >= 0.6 is 0 Å². The first kappa shape index (κ1) is 15.7. The maximum absolute atomic E-state index is 12.7. The molecule has 6 nitrogen and oxygen atoms in total. The quantitative estimate of drug-likeness (QED) is 0.452. The number of hydrogen-bond donors (Lipinski definition) is 1. The van der Waals surface area contributed by atoms with Crippen molar-refractivity contribution in [3.8, 4) is 0 Å². The molecule has 6 heteroatoms. The minimum absolute atomic E-state index is 0.175. The minimum Gasteiger partial charge on any atom is -0.464 e. The van der Waals surface area contributed by atoms with Gasteiger partial charge in [0.15, 0.2) is 5.78 Å². The lowest BCUT2D eigenvalue weighted by Gasteiger charge is -2.35. The Morgan fingerprint density at radius 2 is 2.19 bits per heavy atom. The molecule has 0 spiro atoms. The molecule has 2 fully saturated rings. The van der Waals surface area contributed by atoms with Gasteiger partial charge in [0.25, 0.3) is 0 Å². The van der Waals surface area contributed by atoms with E-state index in [1.165, 1.54) is 4.90 Å². The predicted molar refractivity (Wildman–Crippen MR) is 76.5 cm³/mol. The fourth-order valence-corrected chi connectivity index (χ4v) is 3.19. The van der Waals surface area contributed by atoms with Crippen molar-refractivity contribution in [2.24, 2.45) is 0 Å². The largest absolute Gasteiger partial charge is 0.464 e. The third-order valence-electron chi connectivity index (χ3n) is 4.21. The van der Waals surface area contributed by atoms with Gasteiger partial charge in [-0.3, -0.25) is 9.59 Å². The van der Waals surface area contributed by atoms with E-state index in [1.807, 2.05) is 0 Å². The lowest BCUT2D eigenvalue weighted by atomic mass is 9.90. The van der Waals surface area contributed by atoms with Crippen LogP contribution in [0.3, 0.4) is 0 Å². The number of rotatable bonds is 5. The number of hydrogen-bond acceptors (Lipinski definition) is 5. The van der Waals surface area contributed by atoms with Gasteiger partial charge in [-0.25, -0.2) is 4.79 Å². The number of likely N-dealkylation sites (tertiary alicyclic amines) is 1. The number of esters is 1. The molecule has 0 unspecified atom stereocenters. The van der Waals surface area contributed by atoms with Crippen molar-refractivity contribution in [3.63, 3.8) is 0 Å². The first-order chi connectivity index (χ1) is 10.1. The van der Waals surface area contributed by atoms with Crippen LogP contribution < -0.4 is 5.32 Å². The van der Waals surface area contributed by atoms with Crippen LogP contribution in [0.25, 0.3) is 0 Å². The summed E-state index contributed by atoms with van der Waals surface area (Å²) in [5, 5.41) is 3.12. The number of carbonyl (C=O) groups excluding carboxylic acids is 3. The van der Waals surface area contributed by atoms with Crippen LogP contribution in [0, 0.1) is 0 Å². The SMILES string of the molecule is C=CC(=O)[C@]1(C(=O)OCC)CCCN1C(=O)[C@@H]1CCCN1. The first-order valence-electron chi connectivity index (χ1n) is 7.47. The van der Waals surface area contributed by atoms with Gasteiger partial charge in [-0.05, 0) is 45.2 Å². The van der Waals surface area contributed by atoms with E-state index in [4.69, 9.17) is 4.74 Å². The Hall–Kier alpha value is -1.69. The van der Waals surface area contributed by atoms with Crippen LogP contribution in [0.4, 0.5) is 0 Å². The molecular weight excluding hydrogens is 272 g/mol. The number of ketones is 1. The second kappa shape index (κ2) is 6.39. The van der Waals surface area contributed by atoms with Crippen LogP contribution in [0.2, 0.25) is 0 Å². The van der Waals surface area contributed by atoms with E-state index in [0.717, 1.165) is 25.5 Å². The van der Waals surface area contributed by atoms with Gasteiger partial charge in [-0.15, -0.1) is 0 Å². The second-order valence-electron chi connectivity index (χ2n) is 5.39. The molecule has 2 heterocycles. The Morgan fingerprint density at radius 3 is 2.76 bits per heavy atom. The van der Waals surface area contributed by atoms with E-state index >= 15 is 0 Å². The Bertz CT molecular complexity index is 457. The van der Waals surface area contributed by atoms with Crippen LogP contribution in [0.5, 0.6) is 0 Å². The number of nitrogens with one attached hydrogen (secondary N) is 1. The molecular formula is C15H22N2O4. The molecule has 0 bridgehead atoms. The average Bonchev–Trinajstić information content (AvgIpc) is 3.15. The summed E-state index contributed by atoms with van der Waals surface area (Å²) in [6, 6.07) is -0.311. The van der Waals surface area contributed by atoms with Gasteiger partial charge in [0.05, 0.1) is 12.6 Å². The molecule has 1 amide bonds. The lowest BCUT2D eigenvalue weighted by Crippen LogP contribution is -2.61. The van der Waals surface area contributed by atoms with Crippen molar-refractivity contribution in [3.05, 3.63) is 12.7 Å². The predicted octanol–water partition coefficient (Wildman–Crippen LogP) is 0.418. The highest BCUT2D eigenvalue weighted by atomic mass is 16.5. The Morgan fingerprint density at radius 1 is 1.43 bits per heavy atom. The number of carbonyl (C=O) groups is 3. The van der Waals surface area contributed by atoms with Crippen molar-refractivity contribution < 1.29 is 19.1 Å². The number of nitrogens with zero attached hydrogens (tertiary/aromatic N) is 1. The maximum atomic E-state index is 12.7. The van der Waals surface area contributed by atoms with Crippen molar-refractivity contribution in [1.29, 1.82) is 0 Å². The van der Waals surface area contributed by atoms with E-state index in [2.05, 4.69) is 11.9 Å². The van der Waals surface area contributed by atoms with E-state index < -0.39 is 17.3 Å². The summed E-state index contributed by atoms with van der Waals surface area (Å²) in [4.78, 5) is 38.8. The van der Waals surface area contributed by atoms with Gasteiger partial charge in [-0.2, -0.15) is 0 Å².